The Labute approximate surface area is 663 Å². The third-order valence-electron chi connectivity index (χ3n) is 16.7. The lowest BCUT2D eigenvalue weighted by Gasteiger charge is -2.13. The van der Waals surface area contributed by atoms with E-state index >= 15 is 0 Å². The van der Waals surface area contributed by atoms with E-state index in [9.17, 15) is 0 Å². The lowest BCUT2D eigenvalue weighted by atomic mass is 10.0. The first-order chi connectivity index (χ1) is 50.3. The van der Waals surface area contributed by atoms with Gasteiger partial charge in [0.1, 0.15) is 0 Å². The molecule has 1 aliphatic carbocycles. The molecule has 103 heavy (non-hydrogen) atoms. The van der Waals surface area contributed by atoms with Crippen molar-refractivity contribution in [2.75, 3.05) is 19.0 Å². The molecule has 0 unspecified atom stereocenters. The Morgan fingerprint density at radius 3 is 1.48 bits per heavy atom. The lowest BCUT2D eigenvalue weighted by Crippen LogP contribution is -2.07. The SMILES string of the molecule is Brc1ccccc1-n1ccc2ccccc21.Brc1ccccc1-n1cccc1.Brc1ccccc1C1=Cc2ccccc2C1.Brc1cccnc1-c1ccccc1.Brc1ccncc1-c1ccccc1.CN(C)c1ccc(-c2ccccc2Br)cc1.Cn1cc(-c2ccccc2Br)c2ccccc21. The third-order valence-corrected chi connectivity index (χ3v) is 21.5. The fraction of sp³-hybridized carbons (Fsp3) is 0.0444. The van der Waals surface area contributed by atoms with Crippen LogP contribution in [0.2, 0.25) is 0 Å². The first kappa shape index (κ1) is 75.1. The first-order valence-corrected chi connectivity index (χ1v) is 38.7. The van der Waals surface area contributed by atoms with E-state index < -0.39 is 0 Å². The predicted molar refractivity (Wildman–Crippen MR) is 461 cm³/mol. The normalized spacial score (nSPS) is 10.8. The zero-order valence-corrected chi connectivity index (χ0v) is 67.8. The van der Waals surface area contributed by atoms with Crippen LogP contribution in [0.5, 0.6) is 0 Å². The van der Waals surface area contributed by atoms with Crippen LogP contribution in [-0.2, 0) is 13.5 Å². The summed E-state index contributed by atoms with van der Waals surface area (Å²) in [6.07, 6.45) is 17.1. The molecule has 0 amide bonds. The molecule has 0 bridgehead atoms. The van der Waals surface area contributed by atoms with Crippen LogP contribution in [-0.4, -0.2) is 37.8 Å². The Bertz CT molecular complexity index is 5320. The van der Waals surface area contributed by atoms with E-state index in [-0.39, 0.29) is 0 Å². The van der Waals surface area contributed by atoms with Gasteiger partial charge in [0.2, 0.25) is 0 Å². The number of fused-ring (bicyclic) bond motifs is 3. The van der Waals surface area contributed by atoms with Gasteiger partial charge in [-0.1, -0.05) is 282 Å². The summed E-state index contributed by atoms with van der Waals surface area (Å²) >= 11 is 24.8. The van der Waals surface area contributed by atoms with E-state index in [0.29, 0.717) is 0 Å². The van der Waals surface area contributed by atoms with Crippen LogP contribution in [0.3, 0.4) is 0 Å². The Balaban J connectivity index is 0.000000121. The van der Waals surface area contributed by atoms with Crippen molar-refractivity contribution in [2.45, 2.75) is 6.42 Å². The van der Waals surface area contributed by atoms with Gasteiger partial charge in [-0.3, -0.25) is 9.97 Å². The van der Waals surface area contributed by atoms with Crippen molar-refractivity contribution < 1.29 is 0 Å². The van der Waals surface area contributed by atoms with Gasteiger partial charge in [0, 0.05) is 129 Å². The summed E-state index contributed by atoms with van der Waals surface area (Å²) in [6.45, 7) is 0. The Kier molecular flexibility index (Phi) is 27.7. The zero-order valence-electron chi connectivity index (χ0n) is 56.7. The van der Waals surface area contributed by atoms with Gasteiger partial charge in [0.25, 0.3) is 0 Å². The van der Waals surface area contributed by atoms with Crippen molar-refractivity contribution in [1.29, 1.82) is 0 Å². The van der Waals surface area contributed by atoms with Gasteiger partial charge < -0.3 is 18.6 Å². The second kappa shape index (κ2) is 37.9. The summed E-state index contributed by atoms with van der Waals surface area (Å²) in [5.74, 6) is 0. The molecule has 0 fully saturated rings. The molecule has 0 saturated carbocycles. The van der Waals surface area contributed by atoms with E-state index in [1.165, 1.54) is 93.4 Å². The molecule has 5 aromatic heterocycles. The van der Waals surface area contributed by atoms with E-state index in [2.05, 4.69) is 366 Å². The minimum absolute atomic E-state index is 0.989. The van der Waals surface area contributed by atoms with Crippen LogP contribution in [0.25, 0.3) is 89.5 Å². The molecule has 0 radical (unpaired) electrons. The number of nitrogens with zero attached hydrogens (tertiary/aromatic N) is 6. The highest BCUT2D eigenvalue weighted by Crippen LogP contribution is 2.37. The summed E-state index contributed by atoms with van der Waals surface area (Å²) < 4.78 is 14.2. The minimum Gasteiger partial charge on any atom is -0.378 e. The van der Waals surface area contributed by atoms with Crippen LogP contribution >= 0.6 is 112 Å². The Morgan fingerprint density at radius 1 is 0.359 bits per heavy atom. The fourth-order valence-corrected chi connectivity index (χ4v) is 15.0. The van der Waals surface area contributed by atoms with E-state index in [4.69, 9.17) is 0 Å². The number of pyridine rings is 2. The maximum absolute atomic E-state index is 4.30. The lowest BCUT2D eigenvalue weighted by molar-refractivity contribution is 0.970. The average molecular weight is 1800 g/mol. The highest BCUT2D eigenvalue weighted by Gasteiger charge is 2.16. The van der Waals surface area contributed by atoms with Gasteiger partial charge in [-0.05, 0) is 207 Å². The molecule has 0 spiro atoms. The topological polar surface area (TPSA) is 43.8 Å². The zero-order chi connectivity index (χ0) is 71.9. The molecule has 1 aliphatic rings. The number of hydrogen-bond donors (Lipinski definition) is 0. The molecule has 17 rings (SSSR count). The number of allylic oxidation sites excluding steroid dienone is 1. The summed E-state index contributed by atoms with van der Waals surface area (Å²) in [6, 6.07) is 108. The fourth-order valence-electron chi connectivity index (χ4n) is 11.5. The molecule has 5 heterocycles. The van der Waals surface area contributed by atoms with Gasteiger partial charge in [0.15, 0.2) is 0 Å². The largest absolute Gasteiger partial charge is 0.378 e. The highest BCUT2D eigenvalue weighted by molar-refractivity contribution is 9.11. The number of anilines is 1. The highest BCUT2D eigenvalue weighted by atomic mass is 79.9. The van der Waals surface area contributed by atoms with Gasteiger partial charge in [-0.15, -0.1) is 0 Å². The molecule has 16 aromatic rings. The number of para-hydroxylation sites is 4. The van der Waals surface area contributed by atoms with Crippen molar-refractivity contribution in [3.05, 3.63) is 407 Å². The minimum atomic E-state index is 0.989. The van der Waals surface area contributed by atoms with Crippen molar-refractivity contribution >= 4 is 151 Å². The molecule has 510 valence electrons. The van der Waals surface area contributed by atoms with E-state index in [0.717, 1.165) is 50.1 Å². The molecule has 0 aliphatic heterocycles. The van der Waals surface area contributed by atoms with Crippen LogP contribution in [0.4, 0.5) is 5.69 Å². The van der Waals surface area contributed by atoms with Crippen molar-refractivity contribution in [1.82, 2.24) is 23.7 Å². The van der Waals surface area contributed by atoms with Gasteiger partial charge in [0.05, 0.1) is 22.6 Å². The predicted octanol–water partition coefficient (Wildman–Crippen LogP) is 28.0. The molecule has 0 saturated heterocycles. The maximum Gasteiger partial charge on any atom is 0.0843 e. The molecule has 0 atom stereocenters. The first-order valence-electron chi connectivity index (χ1n) is 33.1. The summed E-state index contributed by atoms with van der Waals surface area (Å²) in [7, 11) is 6.18. The number of aromatic nitrogens is 5. The smallest absolute Gasteiger partial charge is 0.0843 e. The monoisotopic (exact) mass is 1790 g/mol. The van der Waals surface area contributed by atoms with Crippen LogP contribution in [0.15, 0.2) is 390 Å². The quantitative estimate of drug-likeness (QED) is 0.152. The van der Waals surface area contributed by atoms with Crippen LogP contribution in [0.1, 0.15) is 16.7 Å². The van der Waals surface area contributed by atoms with Crippen LogP contribution in [0, 0.1) is 0 Å². The van der Waals surface area contributed by atoms with Crippen molar-refractivity contribution in [3.8, 4) is 56.0 Å². The van der Waals surface area contributed by atoms with Crippen molar-refractivity contribution in [2.24, 2.45) is 7.05 Å². The second-order valence-electron chi connectivity index (χ2n) is 23.8. The van der Waals surface area contributed by atoms with E-state index in [1.54, 1.807) is 12.4 Å². The van der Waals surface area contributed by atoms with Crippen molar-refractivity contribution in [3.63, 3.8) is 0 Å². The molecule has 6 nitrogen and oxygen atoms in total. The number of aryl methyl sites for hydroxylation is 1. The number of halogens is 7. The standard InChI is InChI=1S/C15H12BrN.C15H11Br.C14H10BrN.C14H14BrN.2C11H8BrN.C10H8BrN/c1-17-10-13(11-6-2-4-8-14(11)16)12-7-3-5-9-15(12)17;16-15-8-4-3-7-14(15)13-9-11-5-1-2-6-12(11)10-13;15-12-6-2-4-8-14(12)16-10-9-11-5-1-3-7-13(11)16;1-16(2)12-9-7-11(8-10-12)13-5-3-4-6-14(13)15;12-10-7-4-8-13-11(10)9-5-2-1-3-6-9;12-11-6-7-13-8-10(11)9-4-2-1-3-5-9;11-9-5-1-2-6-10(9)12-7-3-4-8-12/h2-10H,1H3;1-9H,10H2;1-10H;3-10H,1-2H3;2*1-8H;1-8H. The summed E-state index contributed by atoms with van der Waals surface area (Å²) in [5.41, 5.74) is 20.9. The van der Waals surface area contributed by atoms with Crippen LogP contribution < -0.4 is 4.90 Å². The second-order valence-corrected chi connectivity index (χ2v) is 29.7. The molecular formula is C90H71Br7N6. The van der Waals surface area contributed by atoms with Gasteiger partial charge >= 0.3 is 0 Å². The molecule has 13 heteroatoms. The molecule has 11 aromatic carbocycles. The Morgan fingerprint density at radius 2 is 0.864 bits per heavy atom. The summed E-state index contributed by atoms with van der Waals surface area (Å²) in [5, 5.41) is 2.56. The molecular weight excluding hydrogens is 1720 g/mol. The molecule has 0 N–H and O–H groups in total. The summed E-state index contributed by atoms with van der Waals surface area (Å²) in [4.78, 5) is 10.5. The van der Waals surface area contributed by atoms with E-state index in [1.807, 2.05) is 148 Å². The van der Waals surface area contributed by atoms with Gasteiger partial charge in [-0.2, -0.15) is 0 Å². The Hall–Kier alpha value is -9.02. The maximum atomic E-state index is 4.30. The number of hydrogen-bond acceptors (Lipinski definition) is 3. The third kappa shape index (κ3) is 20.2. The number of rotatable bonds is 8. The van der Waals surface area contributed by atoms with Gasteiger partial charge in [-0.25, -0.2) is 0 Å². The average Bonchev–Trinajstić information content (AvgIpc) is 1.65. The number of benzene rings is 11.